The van der Waals surface area contributed by atoms with Crippen LogP contribution in [0.15, 0.2) is 12.2 Å². The van der Waals surface area contributed by atoms with Crippen LogP contribution >= 0.6 is 0 Å². The Morgan fingerprint density at radius 1 is 1.14 bits per heavy atom. The summed E-state index contributed by atoms with van der Waals surface area (Å²) in [6, 6.07) is 0. The van der Waals surface area contributed by atoms with E-state index in [-0.39, 0.29) is 0 Å². The van der Waals surface area contributed by atoms with E-state index in [4.69, 9.17) is 0 Å². The standard InChI is InChI=1S/C7H8/c1-2-4-6-7-5-3-1/h1-2H,3-5H2. The molecule has 0 radical (unpaired) electrons. The van der Waals surface area contributed by atoms with Gasteiger partial charge in [0.1, 0.15) is 0 Å². The maximum absolute atomic E-state index is 3.03. The molecule has 0 aliphatic heterocycles. The van der Waals surface area contributed by atoms with E-state index in [9.17, 15) is 0 Å². The first-order valence-electron chi connectivity index (χ1n) is 2.61. The lowest BCUT2D eigenvalue weighted by Crippen LogP contribution is -1.57. The molecule has 0 heterocycles. The van der Waals surface area contributed by atoms with Crippen LogP contribution < -0.4 is 0 Å². The van der Waals surface area contributed by atoms with E-state index in [2.05, 4.69) is 24.0 Å². The van der Waals surface area contributed by atoms with Gasteiger partial charge in [-0.2, -0.15) is 0 Å². The van der Waals surface area contributed by atoms with E-state index in [0.29, 0.717) is 0 Å². The highest BCUT2D eigenvalue weighted by Crippen LogP contribution is 1.94. The Morgan fingerprint density at radius 2 is 2.14 bits per heavy atom. The van der Waals surface area contributed by atoms with E-state index in [0.717, 1.165) is 19.3 Å². The monoisotopic (exact) mass is 92.1 g/mol. The summed E-state index contributed by atoms with van der Waals surface area (Å²) in [5.41, 5.74) is 0. The number of hydrogen-bond donors (Lipinski definition) is 0. The van der Waals surface area contributed by atoms with Gasteiger partial charge in [-0.05, 0) is 6.42 Å². The van der Waals surface area contributed by atoms with Crippen molar-refractivity contribution >= 4 is 0 Å². The smallest absolute Gasteiger partial charge is 0.0269 e. The summed E-state index contributed by atoms with van der Waals surface area (Å²) in [5.74, 6) is 6.05. The Hall–Kier alpha value is -0.700. The molecule has 0 atom stereocenters. The fourth-order valence-corrected chi connectivity index (χ4v) is 0.576. The molecule has 0 unspecified atom stereocenters. The molecule has 0 saturated carbocycles. The van der Waals surface area contributed by atoms with E-state index in [1.165, 1.54) is 0 Å². The third kappa shape index (κ3) is 1.45. The number of rotatable bonds is 0. The molecule has 0 spiro atoms. The maximum atomic E-state index is 3.03. The molecule has 0 fully saturated rings. The molecule has 0 amide bonds. The zero-order valence-electron chi connectivity index (χ0n) is 4.28. The van der Waals surface area contributed by atoms with Crippen molar-refractivity contribution in [2.24, 2.45) is 0 Å². The van der Waals surface area contributed by atoms with Crippen LogP contribution in [0.4, 0.5) is 0 Å². The van der Waals surface area contributed by atoms with Crippen LogP contribution in [0.3, 0.4) is 0 Å². The highest BCUT2D eigenvalue weighted by molar-refractivity contribution is 5.08. The molecule has 0 nitrogen and oxygen atoms in total. The van der Waals surface area contributed by atoms with Crippen LogP contribution in [0.2, 0.25) is 0 Å². The van der Waals surface area contributed by atoms with Gasteiger partial charge < -0.3 is 0 Å². The summed E-state index contributed by atoms with van der Waals surface area (Å²) < 4.78 is 0. The van der Waals surface area contributed by atoms with Crippen molar-refractivity contribution in [2.45, 2.75) is 19.3 Å². The van der Waals surface area contributed by atoms with E-state index in [1.54, 1.807) is 0 Å². The van der Waals surface area contributed by atoms with Gasteiger partial charge in [-0.15, -0.1) is 5.92 Å². The van der Waals surface area contributed by atoms with Gasteiger partial charge in [-0.1, -0.05) is 18.1 Å². The average molecular weight is 92.1 g/mol. The Kier molecular flexibility index (Phi) is 1.57. The molecule has 0 heteroatoms. The Bertz CT molecular complexity index is 121. The van der Waals surface area contributed by atoms with Crippen LogP contribution in [0.25, 0.3) is 0 Å². The third-order valence-electron chi connectivity index (χ3n) is 0.948. The maximum Gasteiger partial charge on any atom is 0.0269 e. The normalized spacial score (nSPS) is 17.1. The molecule has 0 aromatic rings. The van der Waals surface area contributed by atoms with Crippen LogP contribution in [-0.2, 0) is 0 Å². The molecule has 1 aliphatic rings. The summed E-state index contributed by atoms with van der Waals surface area (Å²) in [4.78, 5) is 0. The minimum absolute atomic E-state index is 0.958. The van der Waals surface area contributed by atoms with Crippen molar-refractivity contribution in [1.82, 2.24) is 0 Å². The summed E-state index contributed by atoms with van der Waals surface area (Å²) in [7, 11) is 0. The summed E-state index contributed by atoms with van der Waals surface area (Å²) >= 11 is 0. The zero-order valence-corrected chi connectivity index (χ0v) is 4.28. The van der Waals surface area contributed by atoms with E-state index < -0.39 is 0 Å². The quantitative estimate of drug-likeness (QED) is 0.315. The van der Waals surface area contributed by atoms with Gasteiger partial charge in [0.15, 0.2) is 0 Å². The molecule has 0 saturated heterocycles. The second kappa shape index (κ2) is 2.47. The summed E-state index contributed by atoms with van der Waals surface area (Å²) in [6.07, 6.45) is 7.45. The average Bonchev–Trinajstić information content (AvgIpc) is 1.90. The van der Waals surface area contributed by atoms with Crippen molar-refractivity contribution in [3.63, 3.8) is 0 Å². The van der Waals surface area contributed by atoms with Crippen LogP contribution in [0.5, 0.6) is 0 Å². The first-order valence-corrected chi connectivity index (χ1v) is 2.61. The first-order chi connectivity index (χ1) is 3.50. The Morgan fingerprint density at radius 3 is 3.14 bits per heavy atom. The molecular formula is C7H8. The van der Waals surface area contributed by atoms with Gasteiger partial charge >= 0.3 is 0 Å². The summed E-state index contributed by atoms with van der Waals surface area (Å²) in [5, 5.41) is 0. The minimum atomic E-state index is 0.958. The Labute approximate surface area is 44.2 Å². The van der Waals surface area contributed by atoms with Crippen molar-refractivity contribution in [3.05, 3.63) is 12.2 Å². The van der Waals surface area contributed by atoms with Gasteiger partial charge in [-0.3, -0.25) is 0 Å². The molecule has 0 bridgehead atoms. The molecule has 1 rings (SSSR count). The molecule has 1 aliphatic carbocycles. The van der Waals surface area contributed by atoms with Gasteiger partial charge in [0.2, 0.25) is 0 Å². The fourth-order valence-electron chi connectivity index (χ4n) is 0.576. The van der Waals surface area contributed by atoms with Crippen LogP contribution in [-0.4, -0.2) is 0 Å². The fraction of sp³-hybridized carbons (Fsp3) is 0.429. The minimum Gasteiger partial charge on any atom is -0.103 e. The predicted octanol–water partition coefficient (Wildman–Crippen LogP) is 1.73. The van der Waals surface area contributed by atoms with Gasteiger partial charge in [0, 0.05) is 12.8 Å². The van der Waals surface area contributed by atoms with Crippen LogP contribution in [0, 0.1) is 11.8 Å². The van der Waals surface area contributed by atoms with Crippen LogP contribution in [0.1, 0.15) is 19.3 Å². The topological polar surface area (TPSA) is 0 Å². The van der Waals surface area contributed by atoms with Gasteiger partial charge in [-0.25, -0.2) is 0 Å². The highest BCUT2D eigenvalue weighted by Gasteiger charge is 1.78. The first kappa shape index (κ1) is 4.46. The second-order valence-corrected chi connectivity index (χ2v) is 1.57. The number of hydrogen-bond acceptors (Lipinski definition) is 0. The predicted molar refractivity (Wildman–Crippen MR) is 30.8 cm³/mol. The van der Waals surface area contributed by atoms with Crippen molar-refractivity contribution in [1.29, 1.82) is 0 Å². The van der Waals surface area contributed by atoms with Crippen molar-refractivity contribution < 1.29 is 0 Å². The second-order valence-electron chi connectivity index (χ2n) is 1.57. The molecule has 0 aromatic carbocycles. The highest BCUT2D eigenvalue weighted by atomic mass is 13.8. The molecular weight excluding hydrogens is 84.1 g/mol. The summed E-state index contributed by atoms with van der Waals surface area (Å²) in [6.45, 7) is 0. The number of allylic oxidation sites excluding steroid dienone is 2. The van der Waals surface area contributed by atoms with E-state index in [1.807, 2.05) is 0 Å². The lowest BCUT2D eigenvalue weighted by atomic mass is 10.3. The molecule has 0 N–H and O–H groups in total. The Balaban J connectivity index is 2.46. The molecule has 36 valence electrons. The van der Waals surface area contributed by atoms with Crippen molar-refractivity contribution in [2.75, 3.05) is 0 Å². The van der Waals surface area contributed by atoms with E-state index >= 15 is 0 Å². The zero-order chi connectivity index (χ0) is 4.95. The van der Waals surface area contributed by atoms with Gasteiger partial charge in [0.25, 0.3) is 0 Å². The molecule has 0 aromatic heterocycles. The third-order valence-corrected chi connectivity index (χ3v) is 0.948. The SMILES string of the molecule is C1#CCCC=CC1. The van der Waals surface area contributed by atoms with Crippen molar-refractivity contribution in [3.8, 4) is 11.8 Å². The molecule has 7 heavy (non-hydrogen) atoms. The lowest BCUT2D eigenvalue weighted by Gasteiger charge is -1.74. The largest absolute Gasteiger partial charge is 0.103 e. The lowest BCUT2D eigenvalue weighted by molar-refractivity contribution is 1.09. The van der Waals surface area contributed by atoms with Gasteiger partial charge in [0.05, 0.1) is 0 Å².